The minimum atomic E-state index is 0.624. The Labute approximate surface area is 144 Å². The minimum Gasteiger partial charge on any atom is -0.367 e. The van der Waals surface area contributed by atoms with E-state index in [-0.39, 0.29) is 0 Å². The van der Waals surface area contributed by atoms with Gasteiger partial charge in [-0.15, -0.1) is 0 Å². The van der Waals surface area contributed by atoms with E-state index in [1.54, 1.807) is 6.20 Å². The number of anilines is 1. The maximum Gasteiger partial charge on any atom is 0.178 e. The molecule has 0 amide bonds. The molecular formula is C19H16N6. The van der Waals surface area contributed by atoms with Crippen LogP contribution in [0.15, 0.2) is 42.6 Å². The Kier molecular flexibility index (Phi) is 3.08. The monoisotopic (exact) mass is 328 g/mol. The molecule has 1 N–H and O–H groups in total. The fourth-order valence-electron chi connectivity index (χ4n) is 3.75. The van der Waals surface area contributed by atoms with Gasteiger partial charge in [0.2, 0.25) is 0 Å². The van der Waals surface area contributed by atoms with Crippen LogP contribution in [-0.2, 0) is 0 Å². The van der Waals surface area contributed by atoms with Crippen molar-refractivity contribution in [2.75, 3.05) is 31.1 Å². The number of benzene rings is 1. The molecule has 0 spiro atoms. The fourth-order valence-corrected chi connectivity index (χ4v) is 3.75. The SMILES string of the molecule is N#Cc1c(N2CCNCC2)c2ccccc2n2c1nc1ncccc12. The zero-order valence-corrected chi connectivity index (χ0v) is 13.6. The summed E-state index contributed by atoms with van der Waals surface area (Å²) in [6.45, 7) is 3.60. The molecule has 0 unspecified atom stereocenters. The van der Waals surface area contributed by atoms with Gasteiger partial charge in [-0.25, -0.2) is 9.97 Å². The van der Waals surface area contributed by atoms with Gasteiger partial charge in [0.1, 0.15) is 11.6 Å². The number of nitrogens with one attached hydrogen (secondary N) is 1. The lowest BCUT2D eigenvalue weighted by Crippen LogP contribution is -2.44. The average molecular weight is 328 g/mol. The van der Waals surface area contributed by atoms with Crippen molar-refractivity contribution >= 4 is 33.4 Å². The lowest BCUT2D eigenvalue weighted by atomic mass is 10.1. The Morgan fingerprint density at radius 3 is 2.68 bits per heavy atom. The summed E-state index contributed by atoms with van der Waals surface area (Å²) >= 11 is 0. The molecule has 1 aliphatic heterocycles. The highest BCUT2D eigenvalue weighted by atomic mass is 15.2. The molecule has 0 aliphatic carbocycles. The number of rotatable bonds is 1. The third-order valence-electron chi connectivity index (χ3n) is 4.84. The molecule has 25 heavy (non-hydrogen) atoms. The molecule has 3 aromatic heterocycles. The van der Waals surface area contributed by atoms with Crippen molar-refractivity contribution in [3.8, 4) is 6.07 Å². The lowest BCUT2D eigenvalue weighted by molar-refractivity contribution is 0.590. The average Bonchev–Trinajstić information content (AvgIpc) is 3.07. The van der Waals surface area contributed by atoms with E-state index in [0.29, 0.717) is 16.9 Å². The number of imidazole rings is 1. The smallest absolute Gasteiger partial charge is 0.178 e. The molecule has 4 heterocycles. The highest BCUT2D eigenvalue weighted by Gasteiger charge is 2.23. The first-order chi connectivity index (χ1) is 12.4. The molecule has 1 aliphatic rings. The first kappa shape index (κ1) is 14.2. The van der Waals surface area contributed by atoms with E-state index in [1.165, 1.54) is 0 Å². The van der Waals surface area contributed by atoms with Crippen molar-refractivity contribution in [2.24, 2.45) is 0 Å². The number of fused-ring (bicyclic) bond motifs is 5. The molecule has 1 fully saturated rings. The summed E-state index contributed by atoms with van der Waals surface area (Å²) in [7, 11) is 0. The quantitative estimate of drug-likeness (QED) is 0.581. The van der Waals surface area contributed by atoms with Crippen LogP contribution in [0.5, 0.6) is 0 Å². The van der Waals surface area contributed by atoms with Gasteiger partial charge in [-0.2, -0.15) is 5.26 Å². The number of nitrogens with zero attached hydrogens (tertiary/aromatic N) is 5. The van der Waals surface area contributed by atoms with Crippen LogP contribution >= 0.6 is 0 Å². The topological polar surface area (TPSA) is 69.2 Å². The molecule has 0 radical (unpaired) electrons. The van der Waals surface area contributed by atoms with Crippen LogP contribution in [-0.4, -0.2) is 40.5 Å². The maximum atomic E-state index is 9.97. The summed E-state index contributed by atoms with van der Waals surface area (Å²) in [6, 6.07) is 14.6. The number of nitriles is 1. The molecule has 1 saturated heterocycles. The van der Waals surface area contributed by atoms with Crippen LogP contribution in [0.2, 0.25) is 0 Å². The third-order valence-corrected chi connectivity index (χ3v) is 4.84. The number of piperazine rings is 1. The molecule has 0 atom stereocenters. The largest absolute Gasteiger partial charge is 0.367 e. The Morgan fingerprint density at radius 2 is 1.84 bits per heavy atom. The molecule has 4 aromatic rings. The highest BCUT2D eigenvalue weighted by Crippen LogP contribution is 2.35. The van der Waals surface area contributed by atoms with Gasteiger partial charge < -0.3 is 10.2 Å². The second-order valence-corrected chi connectivity index (χ2v) is 6.21. The predicted octanol–water partition coefficient (Wildman–Crippen LogP) is 2.32. The van der Waals surface area contributed by atoms with Crippen LogP contribution in [0, 0.1) is 11.3 Å². The number of hydrogen-bond donors (Lipinski definition) is 1. The van der Waals surface area contributed by atoms with Gasteiger partial charge in [0.25, 0.3) is 0 Å². The summed E-state index contributed by atoms with van der Waals surface area (Å²) in [6.07, 6.45) is 1.74. The Balaban J connectivity index is 1.99. The summed E-state index contributed by atoms with van der Waals surface area (Å²) in [5.41, 5.74) is 4.95. The van der Waals surface area contributed by atoms with Crippen molar-refractivity contribution < 1.29 is 0 Å². The summed E-state index contributed by atoms with van der Waals surface area (Å²) in [5, 5.41) is 14.4. The second kappa shape index (κ2) is 5.43. The van der Waals surface area contributed by atoms with Crippen LogP contribution in [0.4, 0.5) is 5.69 Å². The van der Waals surface area contributed by atoms with E-state index in [2.05, 4.69) is 42.8 Å². The highest BCUT2D eigenvalue weighted by molar-refractivity contribution is 6.02. The third kappa shape index (κ3) is 2.00. The Hall–Kier alpha value is -3.17. The van der Waals surface area contributed by atoms with Crippen LogP contribution < -0.4 is 10.2 Å². The van der Waals surface area contributed by atoms with Crippen molar-refractivity contribution in [1.29, 1.82) is 5.26 Å². The first-order valence-corrected chi connectivity index (χ1v) is 8.42. The number of pyridine rings is 2. The maximum absolute atomic E-state index is 9.97. The van der Waals surface area contributed by atoms with Crippen LogP contribution in [0.1, 0.15) is 5.56 Å². The van der Waals surface area contributed by atoms with E-state index >= 15 is 0 Å². The molecule has 1 aromatic carbocycles. The summed E-state index contributed by atoms with van der Waals surface area (Å²) in [4.78, 5) is 11.4. The van der Waals surface area contributed by atoms with E-state index in [9.17, 15) is 5.26 Å². The van der Waals surface area contributed by atoms with Crippen LogP contribution in [0.25, 0.3) is 27.7 Å². The lowest BCUT2D eigenvalue weighted by Gasteiger charge is -2.31. The van der Waals surface area contributed by atoms with Crippen molar-refractivity contribution in [2.45, 2.75) is 0 Å². The summed E-state index contributed by atoms with van der Waals surface area (Å²) in [5.74, 6) is 0. The van der Waals surface area contributed by atoms with Crippen LogP contribution in [0.3, 0.4) is 0 Å². The molecule has 0 bridgehead atoms. The van der Waals surface area contributed by atoms with E-state index in [0.717, 1.165) is 48.3 Å². The van der Waals surface area contributed by atoms with Gasteiger partial charge in [0, 0.05) is 37.8 Å². The first-order valence-electron chi connectivity index (χ1n) is 8.42. The van der Waals surface area contributed by atoms with Gasteiger partial charge in [0.05, 0.1) is 16.7 Å². The summed E-state index contributed by atoms with van der Waals surface area (Å²) < 4.78 is 2.06. The van der Waals surface area contributed by atoms with Crippen molar-refractivity contribution in [3.63, 3.8) is 0 Å². The van der Waals surface area contributed by atoms with Gasteiger partial charge >= 0.3 is 0 Å². The van der Waals surface area contributed by atoms with Gasteiger partial charge in [-0.05, 0) is 18.2 Å². The van der Waals surface area contributed by atoms with Crippen molar-refractivity contribution in [3.05, 3.63) is 48.2 Å². The van der Waals surface area contributed by atoms with E-state index < -0.39 is 0 Å². The van der Waals surface area contributed by atoms with Gasteiger partial charge in [-0.3, -0.25) is 4.40 Å². The minimum absolute atomic E-state index is 0.624. The molecule has 122 valence electrons. The fraction of sp³-hybridized carbons (Fsp3) is 0.211. The molecular weight excluding hydrogens is 312 g/mol. The number of para-hydroxylation sites is 1. The number of aromatic nitrogens is 3. The Morgan fingerprint density at radius 1 is 1.04 bits per heavy atom. The molecule has 6 heteroatoms. The molecule has 5 rings (SSSR count). The predicted molar refractivity (Wildman–Crippen MR) is 97.8 cm³/mol. The standard InChI is InChI=1S/C19H16N6/c20-12-14-17(24-10-8-21-9-11-24)13-4-1-2-5-15(13)25-16-6-3-7-22-18(16)23-19(14)25/h1-7,21H,8-11H2. The zero-order chi connectivity index (χ0) is 16.8. The van der Waals surface area contributed by atoms with E-state index in [1.807, 2.05) is 24.3 Å². The molecule has 6 nitrogen and oxygen atoms in total. The van der Waals surface area contributed by atoms with Crippen molar-refractivity contribution in [1.82, 2.24) is 19.7 Å². The van der Waals surface area contributed by atoms with Gasteiger partial charge in [0.15, 0.2) is 11.3 Å². The Bertz CT molecular complexity index is 1150. The number of hydrogen-bond acceptors (Lipinski definition) is 5. The zero-order valence-electron chi connectivity index (χ0n) is 13.6. The van der Waals surface area contributed by atoms with Gasteiger partial charge in [-0.1, -0.05) is 18.2 Å². The second-order valence-electron chi connectivity index (χ2n) is 6.21. The normalized spacial score (nSPS) is 15.1. The van der Waals surface area contributed by atoms with E-state index in [4.69, 9.17) is 0 Å². The molecule has 0 saturated carbocycles.